The zero-order valence-corrected chi connectivity index (χ0v) is 9.98. The monoisotopic (exact) mass is 267 g/mol. The van der Waals surface area contributed by atoms with Gasteiger partial charge in [-0.05, 0) is 31.2 Å². The van der Waals surface area contributed by atoms with Crippen LogP contribution in [0.4, 0.5) is 14.5 Å². The SMILES string of the molecule is CC(Nc1cc(F)cc(F)c1)c1ccc(C(=O)O)o1. The van der Waals surface area contributed by atoms with Crippen molar-refractivity contribution in [3.8, 4) is 0 Å². The molecule has 1 atom stereocenters. The lowest BCUT2D eigenvalue weighted by molar-refractivity contribution is 0.0660. The van der Waals surface area contributed by atoms with E-state index in [2.05, 4.69) is 5.32 Å². The minimum Gasteiger partial charge on any atom is -0.475 e. The van der Waals surface area contributed by atoms with Crippen molar-refractivity contribution in [2.75, 3.05) is 5.32 Å². The van der Waals surface area contributed by atoms with Crippen LogP contribution in [-0.4, -0.2) is 11.1 Å². The molecule has 1 unspecified atom stereocenters. The van der Waals surface area contributed by atoms with Gasteiger partial charge in [0.15, 0.2) is 0 Å². The number of anilines is 1. The Morgan fingerprint density at radius 2 is 1.89 bits per heavy atom. The molecule has 2 N–H and O–H groups in total. The highest BCUT2D eigenvalue weighted by atomic mass is 19.1. The maximum atomic E-state index is 13.0. The zero-order chi connectivity index (χ0) is 14.0. The topological polar surface area (TPSA) is 62.5 Å². The first kappa shape index (κ1) is 13.1. The third-order valence-electron chi connectivity index (χ3n) is 2.51. The van der Waals surface area contributed by atoms with E-state index in [-0.39, 0.29) is 11.4 Å². The van der Waals surface area contributed by atoms with Crippen molar-refractivity contribution >= 4 is 11.7 Å². The highest BCUT2D eigenvalue weighted by molar-refractivity contribution is 5.84. The van der Waals surface area contributed by atoms with Gasteiger partial charge in [-0.1, -0.05) is 0 Å². The molecule has 0 fully saturated rings. The third kappa shape index (κ3) is 3.09. The van der Waals surface area contributed by atoms with Gasteiger partial charge < -0.3 is 14.8 Å². The molecule has 0 saturated heterocycles. The first-order valence-electron chi connectivity index (χ1n) is 5.51. The minimum atomic E-state index is -1.17. The minimum absolute atomic E-state index is 0.186. The second-order valence-corrected chi connectivity index (χ2v) is 4.03. The Hall–Kier alpha value is -2.37. The van der Waals surface area contributed by atoms with Crippen LogP contribution in [0.5, 0.6) is 0 Å². The molecule has 2 aromatic rings. The lowest BCUT2D eigenvalue weighted by Crippen LogP contribution is -2.06. The molecule has 0 amide bonds. The Morgan fingerprint density at radius 3 is 2.42 bits per heavy atom. The van der Waals surface area contributed by atoms with E-state index >= 15 is 0 Å². The van der Waals surface area contributed by atoms with Crippen LogP contribution in [0, 0.1) is 11.6 Å². The van der Waals surface area contributed by atoms with E-state index in [4.69, 9.17) is 9.52 Å². The molecule has 2 rings (SSSR count). The molecule has 0 aliphatic heterocycles. The van der Waals surface area contributed by atoms with Gasteiger partial charge in [-0.25, -0.2) is 13.6 Å². The number of carbonyl (C=O) groups is 1. The maximum absolute atomic E-state index is 13.0. The van der Waals surface area contributed by atoms with Crippen LogP contribution in [0.2, 0.25) is 0 Å². The van der Waals surface area contributed by atoms with Crippen LogP contribution in [-0.2, 0) is 0 Å². The van der Waals surface area contributed by atoms with Gasteiger partial charge in [-0.3, -0.25) is 0 Å². The van der Waals surface area contributed by atoms with E-state index in [1.807, 2.05) is 0 Å². The number of benzene rings is 1. The molecule has 0 spiro atoms. The number of aromatic carboxylic acids is 1. The van der Waals surface area contributed by atoms with E-state index in [1.54, 1.807) is 6.92 Å². The van der Waals surface area contributed by atoms with E-state index in [0.717, 1.165) is 18.2 Å². The van der Waals surface area contributed by atoms with Crippen LogP contribution in [0.25, 0.3) is 0 Å². The standard InChI is InChI=1S/C13H11F2NO3/c1-7(11-2-3-12(19-11)13(17)18)16-10-5-8(14)4-9(15)6-10/h2-7,16H,1H3,(H,17,18). The number of hydrogen-bond acceptors (Lipinski definition) is 3. The average Bonchev–Trinajstić information content (AvgIpc) is 2.76. The average molecular weight is 267 g/mol. The summed E-state index contributed by atoms with van der Waals surface area (Å²) in [4.78, 5) is 10.7. The summed E-state index contributed by atoms with van der Waals surface area (Å²) in [6.07, 6.45) is 0. The van der Waals surface area contributed by atoms with E-state index in [1.165, 1.54) is 12.1 Å². The number of carboxylic acid groups (broad SMARTS) is 1. The van der Waals surface area contributed by atoms with Crippen LogP contribution in [0.1, 0.15) is 29.3 Å². The van der Waals surface area contributed by atoms with Crippen molar-refractivity contribution in [3.05, 3.63) is 53.5 Å². The Bertz CT molecular complexity index is 589. The lowest BCUT2D eigenvalue weighted by atomic mass is 10.2. The Kier molecular flexibility index (Phi) is 3.50. The quantitative estimate of drug-likeness (QED) is 0.890. The van der Waals surface area contributed by atoms with Gasteiger partial charge in [0.2, 0.25) is 5.76 Å². The predicted molar refractivity (Wildman–Crippen MR) is 64.1 cm³/mol. The molecule has 0 aliphatic rings. The Balaban J connectivity index is 2.15. The first-order valence-corrected chi connectivity index (χ1v) is 5.51. The van der Waals surface area contributed by atoms with Crippen LogP contribution < -0.4 is 5.32 Å². The van der Waals surface area contributed by atoms with Gasteiger partial charge in [0.1, 0.15) is 17.4 Å². The molecule has 1 aromatic heterocycles. The molecule has 6 heteroatoms. The molecule has 1 heterocycles. The van der Waals surface area contributed by atoms with Crippen molar-refractivity contribution in [1.82, 2.24) is 0 Å². The van der Waals surface area contributed by atoms with E-state index in [9.17, 15) is 13.6 Å². The second kappa shape index (κ2) is 5.09. The van der Waals surface area contributed by atoms with Crippen LogP contribution in [0.3, 0.4) is 0 Å². The molecule has 0 radical (unpaired) electrons. The summed E-state index contributed by atoms with van der Waals surface area (Å²) < 4.78 is 31.1. The van der Waals surface area contributed by atoms with Crippen molar-refractivity contribution in [3.63, 3.8) is 0 Å². The summed E-state index contributed by atoms with van der Waals surface area (Å²) in [6, 6.07) is 5.44. The summed E-state index contributed by atoms with van der Waals surface area (Å²) in [7, 11) is 0. The Labute approximate surface area is 107 Å². The molecule has 100 valence electrons. The predicted octanol–water partition coefficient (Wildman–Crippen LogP) is 3.43. The van der Waals surface area contributed by atoms with Crippen molar-refractivity contribution in [2.24, 2.45) is 0 Å². The molecular formula is C13H11F2NO3. The van der Waals surface area contributed by atoms with Crippen LogP contribution >= 0.6 is 0 Å². The smallest absolute Gasteiger partial charge is 0.371 e. The number of furan rings is 1. The maximum Gasteiger partial charge on any atom is 0.371 e. The summed E-state index contributed by atoms with van der Waals surface area (Å²) in [5, 5.41) is 11.6. The van der Waals surface area contributed by atoms with Gasteiger partial charge in [0.25, 0.3) is 0 Å². The molecule has 0 saturated carbocycles. The molecule has 4 nitrogen and oxygen atoms in total. The fourth-order valence-corrected chi connectivity index (χ4v) is 1.66. The van der Waals surface area contributed by atoms with Crippen LogP contribution in [0.15, 0.2) is 34.7 Å². The highest BCUT2D eigenvalue weighted by Crippen LogP contribution is 2.22. The molecular weight excluding hydrogens is 256 g/mol. The van der Waals surface area contributed by atoms with Crippen molar-refractivity contribution < 1.29 is 23.1 Å². The normalized spacial score (nSPS) is 12.2. The van der Waals surface area contributed by atoms with Gasteiger partial charge in [-0.2, -0.15) is 0 Å². The lowest BCUT2D eigenvalue weighted by Gasteiger charge is -2.13. The largest absolute Gasteiger partial charge is 0.475 e. The number of halogens is 2. The summed E-state index contributed by atoms with van der Waals surface area (Å²) >= 11 is 0. The molecule has 0 aliphatic carbocycles. The molecule has 1 aromatic carbocycles. The number of hydrogen-bond donors (Lipinski definition) is 2. The number of nitrogens with one attached hydrogen (secondary N) is 1. The number of rotatable bonds is 4. The van der Waals surface area contributed by atoms with Gasteiger partial charge in [-0.15, -0.1) is 0 Å². The van der Waals surface area contributed by atoms with E-state index < -0.39 is 23.6 Å². The first-order chi connectivity index (χ1) is 8.95. The van der Waals surface area contributed by atoms with Gasteiger partial charge in [0.05, 0.1) is 6.04 Å². The van der Waals surface area contributed by atoms with Crippen molar-refractivity contribution in [2.45, 2.75) is 13.0 Å². The second-order valence-electron chi connectivity index (χ2n) is 4.03. The summed E-state index contributed by atoms with van der Waals surface area (Å²) in [6.45, 7) is 1.69. The summed E-state index contributed by atoms with van der Waals surface area (Å²) in [5.74, 6) is -2.38. The molecule has 0 bridgehead atoms. The third-order valence-corrected chi connectivity index (χ3v) is 2.51. The highest BCUT2D eigenvalue weighted by Gasteiger charge is 2.14. The van der Waals surface area contributed by atoms with E-state index in [0.29, 0.717) is 5.76 Å². The summed E-state index contributed by atoms with van der Waals surface area (Å²) in [5.41, 5.74) is 0.248. The van der Waals surface area contributed by atoms with Crippen molar-refractivity contribution in [1.29, 1.82) is 0 Å². The number of carboxylic acids is 1. The van der Waals surface area contributed by atoms with Gasteiger partial charge >= 0.3 is 5.97 Å². The fraction of sp³-hybridized carbons (Fsp3) is 0.154. The van der Waals surface area contributed by atoms with Gasteiger partial charge in [0, 0.05) is 11.8 Å². The molecule has 19 heavy (non-hydrogen) atoms. The Morgan fingerprint density at radius 1 is 1.26 bits per heavy atom. The fourth-order valence-electron chi connectivity index (χ4n) is 1.66. The zero-order valence-electron chi connectivity index (χ0n) is 9.98.